The number of benzene rings is 1. The molecule has 6 heteroatoms. The molecule has 0 atom stereocenters. The lowest BCUT2D eigenvalue weighted by molar-refractivity contribution is 0.0514. The average molecular weight is 337 g/mol. The van der Waals surface area contributed by atoms with Crippen molar-refractivity contribution in [2.24, 2.45) is 0 Å². The standard InChI is InChI=1S/C19H19N3O3/c1-3-5-8-22-12-14(11-20)15-9-13(6-7-17(15)22)18-10-16(21-25-18)19(23)24-4-2/h6-7,9-10,12H,3-5,8H2,1-2H3. The predicted molar refractivity (Wildman–Crippen MR) is 93.0 cm³/mol. The number of aromatic nitrogens is 2. The number of nitrogens with zero attached hydrogens (tertiary/aromatic N) is 3. The van der Waals surface area contributed by atoms with Crippen LogP contribution in [0.15, 0.2) is 35.0 Å². The van der Waals surface area contributed by atoms with Gasteiger partial charge in [-0.3, -0.25) is 0 Å². The first-order valence-electron chi connectivity index (χ1n) is 8.35. The Labute approximate surface area is 145 Å². The van der Waals surface area contributed by atoms with Crippen molar-refractivity contribution in [1.29, 1.82) is 5.26 Å². The largest absolute Gasteiger partial charge is 0.461 e. The molecule has 3 rings (SSSR count). The molecule has 1 aromatic carbocycles. The van der Waals surface area contributed by atoms with E-state index in [0.717, 1.165) is 35.9 Å². The molecule has 6 nitrogen and oxygen atoms in total. The van der Waals surface area contributed by atoms with E-state index in [9.17, 15) is 10.1 Å². The highest BCUT2D eigenvalue weighted by Gasteiger charge is 2.16. The zero-order valence-corrected chi connectivity index (χ0v) is 14.3. The summed E-state index contributed by atoms with van der Waals surface area (Å²) in [6.45, 7) is 5.03. The van der Waals surface area contributed by atoms with Gasteiger partial charge in [-0.25, -0.2) is 4.79 Å². The molecule has 3 aromatic rings. The summed E-state index contributed by atoms with van der Waals surface area (Å²) in [7, 11) is 0. The third kappa shape index (κ3) is 3.26. The van der Waals surface area contributed by atoms with Gasteiger partial charge in [0.25, 0.3) is 0 Å². The van der Waals surface area contributed by atoms with Gasteiger partial charge in [-0.05, 0) is 31.5 Å². The molecule has 0 radical (unpaired) electrons. The summed E-state index contributed by atoms with van der Waals surface area (Å²) < 4.78 is 12.3. The molecule has 0 aliphatic carbocycles. The summed E-state index contributed by atoms with van der Waals surface area (Å²) in [4.78, 5) is 11.7. The number of ether oxygens (including phenoxy) is 1. The molecule has 0 fully saturated rings. The summed E-state index contributed by atoms with van der Waals surface area (Å²) in [5, 5.41) is 14.0. The first kappa shape index (κ1) is 16.8. The highest BCUT2D eigenvalue weighted by molar-refractivity contribution is 5.91. The fraction of sp³-hybridized carbons (Fsp3) is 0.316. The quantitative estimate of drug-likeness (QED) is 0.631. The fourth-order valence-corrected chi connectivity index (χ4v) is 2.77. The van der Waals surface area contributed by atoms with E-state index in [0.29, 0.717) is 11.3 Å². The molecule has 25 heavy (non-hydrogen) atoms. The molecule has 0 aliphatic heterocycles. The first-order valence-corrected chi connectivity index (χ1v) is 8.35. The Kier molecular flexibility index (Phi) is 4.85. The number of hydrogen-bond donors (Lipinski definition) is 0. The van der Waals surface area contributed by atoms with Crippen LogP contribution in [-0.2, 0) is 11.3 Å². The van der Waals surface area contributed by atoms with Crippen LogP contribution in [0.5, 0.6) is 0 Å². The third-order valence-corrected chi connectivity index (χ3v) is 4.03. The van der Waals surface area contributed by atoms with Crippen molar-refractivity contribution in [3.63, 3.8) is 0 Å². The van der Waals surface area contributed by atoms with E-state index in [2.05, 4.69) is 22.7 Å². The molecule has 0 aliphatic rings. The highest BCUT2D eigenvalue weighted by atomic mass is 16.5. The molecule has 0 unspecified atom stereocenters. The van der Waals surface area contributed by atoms with Crippen molar-refractivity contribution in [2.75, 3.05) is 6.61 Å². The minimum Gasteiger partial charge on any atom is -0.461 e. The number of aryl methyl sites for hydroxylation is 1. The Morgan fingerprint density at radius 3 is 2.92 bits per heavy atom. The van der Waals surface area contributed by atoms with E-state index in [1.165, 1.54) is 0 Å². The summed E-state index contributed by atoms with van der Waals surface area (Å²) in [5.41, 5.74) is 2.54. The van der Waals surface area contributed by atoms with E-state index >= 15 is 0 Å². The Morgan fingerprint density at radius 2 is 2.20 bits per heavy atom. The van der Waals surface area contributed by atoms with Crippen LogP contribution in [0.4, 0.5) is 0 Å². The molecule has 0 spiro atoms. The number of carbonyl (C=O) groups is 1. The number of unbranched alkanes of at least 4 members (excludes halogenated alkanes) is 1. The van der Waals surface area contributed by atoms with Crippen LogP contribution in [-0.4, -0.2) is 22.3 Å². The summed E-state index contributed by atoms with van der Waals surface area (Å²) in [6.07, 6.45) is 4.03. The van der Waals surface area contributed by atoms with E-state index in [1.54, 1.807) is 13.0 Å². The number of nitriles is 1. The van der Waals surface area contributed by atoms with Gasteiger partial charge in [0, 0.05) is 35.3 Å². The summed E-state index contributed by atoms with van der Waals surface area (Å²) >= 11 is 0. The monoisotopic (exact) mass is 337 g/mol. The molecule has 0 bridgehead atoms. The van der Waals surface area contributed by atoms with E-state index in [-0.39, 0.29) is 12.3 Å². The molecule has 0 saturated heterocycles. The topological polar surface area (TPSA) is 81.0 Å². The lowest BCUT2D eigenvalue weighted by Gasteiger charge is -2.04. The number of fused-ring (bicyclic) bond motifs is 1. The molecular weight excluding hydrogens is 318 g/mol. The lowest BCUT2D eigenvalue weighted by Crippen LogP contribution is -2.04. The van der Waals surface area contributed by atoms with Gasteiger partial charge in [-0.1, -0.05) is 18.5 Å². The molecule has 0 N–H and O–H groups in total. The lowest BCUT2D eigenvalue weighted by atomic mass is 10.1. The van der Waals surface area contributed by atoms with Crippen LogP contribution < -0.4 is 0 Å². The van der Waals surface area contributed by atoms with Crippen LogP contribution in [0.2, 0.25) is 0 Å². The SMILES string of the molecule is CCCCn1cc(C#N)c2cc(-c3cc(C(=O)OCC)no3)ccc21. The van der Waals surface area contributed by atoms with Gasteiger partial charge in [0.15, 0.2) is 11.5 Å². The van der Waals surface area contributed by atoms with E-state index in [4.69, 9.17) is 9.26 Å². The van der Waals surface area contributed by atoms with Crippen molar-refractivity contribution < 1.29 is 14.1 Å². The number of hydrogen-bond acceptors (Lipinski definition) is 5. The second kappa shape index (κ2) is 7.22. The maximum Gasteiger partial charge on any atom is 0.360 e. The summed E-state index contributed by atoms with van der Waals surface area (Å²) in [5.74, 6) is -0.0443. The van der Waals surface area contributed by atoms with E-state index in [1.807, 2.05) is 24.4 Å². The van der Waals surface area contributed by atoms with Crippen LogP contribution in [0, 0.1) is 11.3 Å². The molecule has 0 saturated carbocycles. The molecular formula is C19H19N3O3. The Bertz CT molecular complexity index is 947. The van der Waals surface area contributed by atoms with Crippen LogP contribution in [0.3, 0.4) is 0 Å². The molecule has 128 valence electrons. The molecule has 2 aromatic heterocycles. The van der Waals surface area contributed by atoms with Gasteiger partial charge < -0.3 is 13.8 Å². The van der Waals surface area contributed by atoms with Crippen molar-refractivity contribution in [2.45, 2.75) is 33.2 Å². The minimum atomic E-state index is -0.512. The maximum atomic E-state index is 11.7. The minimum absolute atomic E-state index is 0.137. The first-order chi connectivity index (χ1) is 12.2. The highest BCUT2D eigenvalue weighted by Crippen LogP contribution is 2.28. The number of rotatable bonds is 6. The second-order valence-corrected chi connectivity index (χ2v) is 5.73. The van der Waals surface area contributed by atoms with Crippen LogP contribution in [0.1, 0.15) is 42.7 Å². The number of carbonyl (C=O) groups excluding carboxylic acids is 1. The predicted octanol–water partition coefficient (Wildman–Crippen LogP) is 4.14. The number of esters is 1. The van der Waals surface area contributed by atoms with Crippen molar-refractivity contribution >= 4 is 16.9 Å². The van der Waals surface area contributed by atoms with Gasteiger partial charge in [0.2, 0.25) is 0 Å². The van der Waals surface area contributed by atoms with Crippen molar-refractivity contribution in [3.8, 4) is 17.4 Å². The van der Waals surface area contributed by atoms with Crippen molar-refractivity contribution in [1.82, 2.24) is 9.72 Å². The van der Waals surface area contributed by atoms with Gasteiger partial charge >= 0.3 is 5.97 Å². The fourth-order valence-electron chi connectivity index (χ4n) is 2.77. The Morgan fingerprint density at radius 1 is 1.36 bits per heavy atom. The zero-order valence-electron chi connectivity index (χ0n) is 14.3. The maximum absolute atomic E-state index is 11.7. The van der Waals surface area contributed by atoms with Gasteiger partial charge in [-0.2, -0.15) is 5.26 Å². The van der Waals surface area contributed by atoms with Gasteiger partial charge in [-0.15, -0.1) is 0 Å². The van der Waals surface area contributed by atoms with Gasteiger partial charge in [0.1, 0.15) is 6.07 Å². The Balaban J connectivity index is 1.99. The zero-order chi connectivity index (χ0) is 17.8. The normalized spacial score (nSPS) is 10.8. The van der Waals surface area contributed by atoms with Crippen LogP contribution in [0.25, 0.3) is 22.2 Å². The van der Waals surface area contributed by atoms with Gasteiger partial charge in [0.05, 0.1) is 12.2 Å². The van der Waals surface area contributed by atoms with Crippen molar-refractivity contribution in [3.05, 3.63) is 41.7 Å². The van der Waals surface area contributed by atoms with E-state index < -0.39 is 5.97 Å². The smallest absolute Gasteiger partial charge is 0.360 e. The molecule has 0 amide bonds. The van der Waals surface area contributed by atoms with Crippen LogP contribution >= 0.6 is 0 Å². The molecule has 2 heterocycles. The third-order valence-electron chi connectivity index (χ3n) is 4.03. The summed E-state index contributed by atoms with van der Waals surface area (Å²) in [6, 6.07) is 9.56. The average Bonchev–Trinajstić information content (AvgIpc) is 3.24. The Hall–Kier alpha value is -3.07. The second-order valence-electron chi connectivity index (χ2n) is 5.73.